The normalized spacial score (nSPS) is 13.0. The van der Waals surface area contributed by atoms with E-state index in [1.165, 1.54) is 0 Å². The molecule has 150 valence electrons. The van der Waals surface area contributed by atoms with Crippen LogP contribution in [0.25, 0.3) is 0 Å². The lowest BCUT2D eigenvalue weighted by Gasteiger charge is -2.10. The van der Waals surface area contributed by atoms with Crippen LogP contribution in [0.2, 0.25) is 0 Å². The Morgan fingerprint density at radius 3 is 2.56 bits per heavy atom. The Hall–Kier alpha value is -1.21. The number of rotatable bonds is 7. The molecule has 2 aromatic rings. The van der Waals surface area contributed by atoms with Crippen LogP contribution in [0.3, 0.4) is 0 Å². The van der Waals surface area contributed by atoms with Gasteiger partial charge in [-0.3, -0.25) is 4.21 Å². The van der Waals surface area contributed by atoms with Gasteiger partial charge in [0.05, 0.1) is 17.3 Å². The summed E-state index contributed by atoms with van der Waals surface area (Å²) in [6, 6.07) is 9.12. The average molecular weight is 532 g/mol. The molecule has 0 radical (unpaired) electrons. The van der Waals surface area contributed by atoms with Crippen molar-refractivity contribution in [3.63, 3.8) is 0 Å². The van der Waals surface area contributed by atoms with E-state index in [1.807, 2.05) is 25.1 Å². The molecule has 1 heterocycles. The van der Waals surface area contributed by atoms with E-state index in [2.05, 4.69) is 20.6 Å². The summed E-state index contributed by atoms with van der Waals surface area (Å²) in [5, 5.41) is 7.29. The van der Waals surface area contributed by atoms with Crippen LogP contribution < -0.4 is 10.6 Å². The van der Waals surface area contributed by atoms with Gasteiger partial charge in [0.2, 0.25) is 0 Å². The second kappa shape index (κ2) is 11.6. The van der Waals surface area contributed by atoms with E-state index in [9.17, 15) is 17.4 Å². The zero-order valence-electron chi connectivity index (χ0n) is 14.5. The van der Waals surface area contributed by atoms with Crippen molar-refractivity contribution in [2.45, 2.75) is 24.5 Å². The van der Waals surface area contributed by atoms with Gasteiger partial charge in [-0.15, -0.1) is 35.3 Å². The molecule has 1 aromatic carbocycles. The molecule has 2 N–H and O–H groups in total. The lowest BCUT2D eigenvalue weighted by atomic mass is 10.4. The first kappa shape index (κ1) is 23.8. The standard InChI is InChI=1S/C16H19F3N4OS2.HI/c1-2-20-15(21-8-9-26(24)12-6-4-3-5-7-12)22-10-14-23-13(11-25-14)16(17,18)19;/h3-7,11H,2,8-10H2,1H3,(H2,20,21,22);1H. The predicted molar refractivity (Wildman–Crippen MR) is 113 cm³/mol. The topological polar surface area (TPSA) is 66.4 Å². The van der Waals surface area contributed by atoms with Crippen molar-refractivity contribution in [1.29, 1.82) is 0 Å². The number of aliphatic imine (C=N–C) groups is 1. The highest BCUT2D eigenvalue weighted by molar-refractivity contribution is 14.0. The number of hydrogen-bond donors (Lipinski definition) is 2. The molecule has 0 aliphatic rings. The number of alkyl halides is 3. The molecule has 5 nitrogen and oxygen atoms in total. The van der Waals surface area contributed by atoms with Gasteiger partial charge in [-0.1, -0.05) is 18.2 Å². The Bertz CT molecular complexity index is 754. The molecule has 1 unspecified atom stereocenters. The number of nitrogens with zero attached hydrogens (tertiary/aromatic N) is 2. The Balaban J connectivity index is 0.00000364. The maximum Gasteiger partial charge on any atom is 0.434 e. The van der Waals surface area contributed by atoms with Gasteiger partial charge in [0.25, 0.3) is 0 Å². The number of nitrogens with one attached hydrogen (secondary N) is 2. The molecule has 0 fully saturated rings. The van der Waals surface area contributed by atoms with E-state index < -0.39 is 22.7 Å². The molecular formula is C16H20F3IN4OS2. The van der Waals surface area contributed by atoms with Crippen LogP contribution in [0, 0.1) is 0 Å². The van der Waals surface area contributed by atoms with Crippen LogP contribution in [-0.4, -0.2) is 34.0 Å². The summed E-state index contributed by atoms with van der Waals surface area (Å²) in [5.41, 5.74) is -0.899. The summed E-state index contributed by atoms with van der Waals surface area (Å²) in [7, 11) is -1.13. The predicted octanol–water partition coefficient (Wildman–Crippen LogP) is 3.64. The summed E-state index contributed by atoms with van der Waals surface area (Å²) < 4.78 is 49.8. The summed E-state index contributed by atoms with van der Waals surface area (Å²) in [5.74, 6) is 0.838. The third kappa shape index (κ3) is 8.13. The summed E-state index contributed by atoms with van der Waals surface area (Å²) in [6.07, 6.45) is -4.44. The third-order valence-corrected chi connectivity index (χ3v) is 5.35. The molecule has 27 heavy (non-hydrogen) atoms. The minimum absolute atomic E-state index is 0. The van der Waals surface area contributed by atoms with Gasteiger partial charge >= 0.3 is 6.18 Å². The van der Waals surface area contributed by atoms with Crippen molar-refractivity contribution in [2.24, 2.45) is 4.99 Å². The smallest absolute Gasteiger partial charge is 0.357 e. The van der Waals surface area contributed by atoms with Crippen molar-refractivity contribution < 1.29 is 17.4 Å². The molecule has 1 atom stereocenters. The Morgan fingerprint density at radius 2 is 1.96 bits per heavy atom. The first-order valence-electron chi connectivity index (χ1n) is 7.87. The van der Waals surface area contributed by atoms with Crippen LogP contribution >= 0.6 is 35.3 Å². The maximum absolute atomic E-state index is 12.6. The minimum Gasteiger partial charge on any atom is -0.357 e. The van der Waals surface area contributed by atoms with Crippen molar-refractivity contribution in [3.05, 3.63) is 46.4 Å². The van der Waals surface area contributed by atoms with Crippen LogP contribution in [0.4, 0.5) is 13.2 Å². The molecule has 0 saturated carbocycles. The van der Waals surface area contributed by atoms with E-state index in [1.54, 1.807) is 12.1 Å². The van der Waals surface area contributed by atoms with Crippen molar-refractivity contribution in [1.82, 2.24) is 15.6 Å². The lowest BCUT2D eigenvalue weighted by Crippen LogP contribution is -2.39. The fourth-order valence-electron chi connectivity index (χ4n) is 1.95. The van der Waals surface area contributed by atoms with Crippen LogP contribution in [-0.2, 0) is 23.5 Å². The minimum atomic E-state index is -4.44. The second-order valence-corrected chi connectivity index (χ2v) is 7.62. The first-order chi connectivity index (χ1) is 12.4. The second-order valence-electron chi connectivity index (χ2n) is 5.11. The van der Waals surface area contributed by atoms with Gasteiger partial charge in [0.1, 0.15) is 5.01 Å². The van der Waals surface area contributed by atoms with Gasteiger partial charge in [-0.05, 0) is 19.1 Å². The fraction of sp³-hybridized carbons (Fsp3) is 0.375. The van der Waals surface area contributed by atoms with E-state index in [0.29, 0.717) is 24.8 Å². The monoisotopic (exact) mass is 532 g/mol. The quantitative estimate of drug-likeness (QED) is 0.325. The maximum atomic E-state index is 12.6. The number of halogens is 4. The summed E-state index contributed by atoms with van der Waals surface area (Å²) in [4.78, 5) is 8.52. The average Bonchev–Trinajstić information content (AvgIpc) is 3.10. The molecule has 0 aliphatic heterocycles. The van der Waals surface area contributed by atoms with Crippen molar-refractivity contribution in [3.8, 4) is 0 Å². The zero-order valence-corrected chi connectivity index (χ0v) is 18.4. The van der Waals surface area contributed by atoms with Crippen molar-refractivity contribution in [2.75, 3.05) is 18.8 Å². The lowest BCUT2D eigenvalue weighted by molar-refractivity contribution is -0.140. The first-order valence-corrected chi connectivity index (χ1v) is 10.1. The highest BCUT2D eigenvalue weighted by Gasteiger charge is 2.33. The highest BCUT2D eigenvalue weighted by Crippen LogP contribution is 2.30. The Labute approximate surface area is 179 Å². The zero-order chi connectivity index (χ0) is 19.0. The molecule has 11 heteroatoms. The largest absolute Gasteiger partial charge is 0.434 e. The molecular weight excluding hydrogens is 512 g/mol. The molecule has 0 amide bonds. The number of thiazole rings is 1. The fourth-order valence-corrected chi connectivity index (χ4v) is 3.66. The van der Waals surface area contributed by atoms with Crippen LogP contribution in [0.5, 0.6) is 0 Å². The van der Waals surface area contributed by atoms with Gasteiger partial charge in [0, 0.05) is 29.1 Å². The van der Waals surface area contributed by atoms with Gasteiger partial charge in [-0.25, -0.2) is 9.98 Å². The van der Waals surface area contributed by atoms with Crippen LogP contribution in [0.15, 0.2) is 45.6 Å². The number of guanidine groups is 1. The van der Waals surface area contributed by atoms with Crippen molar-refractivity contribution >= 4 is 52.1 Å². The van der Waals surface area contributed by atoms with E-state index in [4.69, 9.17) is 0 Å². The van der Waals surface area contributed by atoms with E-state index in [0.717, 1.165) is 21.6 Å². The molecule has 0 spiro atoms. The molecule has 0 saturated heterocycles. The molecule has 2 rings (SSSR count). The third-order valence-electron chi connectivity index (χ3n) is 3.14. The Kier molecular flexibility index (Phi) is 10.2. The van der Waals surface area contributed by atoms with Gasteiger partial charge in [-0.2, -0.15) is 13.2 Å². The molecule has 0 aliphatic carbocycles. The number of benzene rings is 1. The Morgan fingerprint density at radius 1 is 1.26 bits per heavy atom. The van der Waals surface area contributed by atoms with Gasteiger partial charge in [0.15, 0.2) is 11.7 Å². The number of aromatic nitrogens is 1. The van der Waals surface area contributed by atoms with E-state index in [-0.39, 0.29) is 35.5 Å². The van der Waals surface area contributed by atoms with E-state index >= 15 is 0 Å². The van der Waals surface area contributed by atoms with Gasteiger partial charge < -0.3 is 10.6 Å². The van der Waals surface area contributed by atoms with Crippen LogP contribution in [0.1, 0.15) is 17.6 Å². The summed E-state index contributed by atoms with van der Waals surface area (Å²) in [6.45, 7) is 2.93. The molecule has 0 bridgehead atoms. The SMILES string of the molecule is CCNC(=NCc1nc(C(F)(F)F)cs1)NCCS(=O)c1ccccc1.I. The highest BCUT2D eigenvalue weighted by atomic mass is 127. The number of hydrogen-bond acceptors (Lipinski definition) is 4. The summed E-state index contributed by atoms with van der Waals surface area (Å²) >= 11 is 0.920. The molecule has 1 aromatic heterocycles.